The number of hydrogen-bond donors (Lipinski definition) is 1. The van der Waals surface area contributed by atoms with Crippen LogP contribution in [0, 0.1) is 0 Å². The Balaban J connectivity index is 1.91. The van der Waals surface area contributed by atoms with Crippen LogP contribution in [-0.2, 0) is 0 Å². The van der Waals surface area contributed by atoms with Gasteiger partial charge in [-0.2, -0.15) is 0 Å². The van der Waals surface area contributed by atoms with Crippen molar-refractivity contribution in [2.75, 3.05) is 26.2 Å². The predicted molar refractivity (Wildman–Crippen MR) is 85.1 cm³/mol. The molecule has 1 aromatic rings. The van der Waals surface area contributed by atoms with Crippen molar-refractivity contribution in [1.29, 1.82) is 0 Å². The van der Waals surface area contributed by atoms with E-state index in [2.05, 4.69) is 16.8 Å². The van der Waals surface area contributed by atoms with Crippen LogP contribution in [0.3, 0.4) is 0 Å². The van der Waals surface area contributed by atoms with Crippen LogP contribution in [0.1, 0.15) is 30.3 Å². The van der Waals surface area contributed by atoms with E-state index < -0.39 is 0 Å². The maximum absolute atomic E-state index is 12.2. The lowest BCUT2D eigenvalue weighted by Crippen LogP contribution is -2.54. The van der Waals surface area contributed by atoms with E-state index in [0.29, 0.717) is 23.8 Å². The molecule has 2 N–H and O–H groups in total. The van der Waals surface area contributed by atoms with Crippen molar-refractivity contribution in [3.05, 3.63) is 16.6 Å². The van der Waals surface area contributed by atoms with Gasteiger partial charge >= 0.3 is 0 Å². The molecule has 1 atom stereocenters. The van der Waals surface area contributed by atoms with E-state index in [9.17, 15) is 4.79 Å². The predicted octanol–water partition coefficient (Wildman–Crippen LogP) is 1.36. The molecular formula is C13H20N4OS2. The van der Waals surface area contributed by atoms with Gasteiger partial charge < -0.3 is 10.6 Å². The van der Waals surface area contributed by atoms with Crippen LogP contribution < -0.4 is 5.73 Å². The topological polar surface area (TPSA) is 62.5 Å². The number of thiocarbonyl (C=S) groups is 1. The van der Waals surface area contributed by atoms with Gasteiger partial charge in [0.05, 0.1) is 16.5 Å². The average Bonchev–Trinajstić information content (AvgIpc) is 2.98. The van der Waals surface area contributed by atoms with E-state index in [0.717, 1.165) is 25.9 Å². The van der Waals surface area contributed by atoms with Crippen molar-refractivity contribution < 1.29 is 4.79 Å². The Bertz CT molecular complexity index is 455. The number of rotatable bonds is 5. The van der Waals surface area contributed by atoms with Gasteiger partial charge in [0.15, 0.2) is 0 Å². The summed E-state index contributed by atoms with van der Waals surface area (Å²) in [5, 5.41) is 1.80. The zero-order valence-corrected chi connectivity index (χ0v) is 13.3. The smallest absolute Gasteiger partial charge is 0.273 e. The number of hydrogen-bond acceptors (Lipinski definition) is 5. The molecule has 110 valence electrons. The number of carbonyl (C=O) groups excluding carboxylic acids is 1. The molecule has 0 aliphatic carbocycles. The van der Waals surface area contributed by atoms with Crippen LogP contribution in [-0.4, -0.2) is 57.9 Å². The molecule has 0 radical (unpaired) electrons. The molecule has 0 spiro atoms. The number of thiazole rings is 1. The highest BCUT2D eigenvalue weighted by atomic mass is 32.1. The first-order valence-corrected chi connectivity index (χ1v) is 8.19. The summed E-state index contributed by atoms with van der Waals surface area (Å²) in [7, 11) is 0. The Hall–Kier alpha value is -1.05. The Kier molecular flexibility index (Phi) is 5.45. The molecule has 0 aromatic carbocycles. The molecule has 0 bridgehead atoms. The molecule has 2 rings (SSSR count). The van der Waals surface area contributed by atoms with Gasteiger partial charge in [0.1, 0.15) is 5.69 Å². The molecule has 1 aliphatic rings. The third-order valence-corrected chi connectivity index (χ3v) is 4.44. The van der Waals surface area contributed by atoms with Gasteiger partial charge in [-0.1, -0.05) is 25.6 Å². The second-order valence-corrected chi connectivity index (χ2v) is 6.10. The number of carbonyl (C=O) groups is 1. The minimum absolute atomic E-state index is 0.0215. The van der Waals surface area contributed by atoms with Gasteiger partial charge in [-0.05, 0) is 6.42 Å². The van der Waals surface area contributed by atoms with Crippen molar-refractivity contribution >= 4 is 34.5 Å². The summed E-state index contributed by atoms with van der Waals surface area (Å²) in [4.78, 5) is 21.0. The number of nitrogens with two attached hydrogens (primary N) is 1. The van der Waals surface area contributed by atoms with Crippen molar-refractivity contribution in [2.45, 2.75) is 25.8 Å². The Morgan fingerprint density at radius 2 is 2.20 bits per heavy atom. The third-order valence-electron chi connectivity index (χ3n) is 3.58. The molecule has 1 fully saturated rings. The maximum atomic E-state index is 12.2. The van der Waals surface area contributed by atoms with Gasteiger partial charge in [0, 0.05) is 31.6 Å². The fraction of sp³-hybridized carbons (Fsp3) is 0.615. The number of aromatic nitrogens is 1. The molecule has 1 aromatic heterocycles. The van der Waals surface area contributed by atoms with Crippen molar-refractivity contribution in [3.63, 3.8) is 0 Å². The van der Waals surface area contributed by atoms with Crippen LogP contribution in [0.4, 0.5) is 0 Å². The van der Waals surface area contributed by atoms with Gasteiger partial charge in [0.2, 0.25) is 0 Å². The summed E-state index contributed by atoms with van der Waals surface area (Å²) in [6.45, 7) is 5.18. The summed E-state index contributed by atoms with van der Waals surface area (Å²) < 4.78 is 0. The molecule has 1 unspecified atom stereocenters. The number of amides is 1. The quantitative estimate of drug-likeness (QED) is 0.832. The highest BCUT2D eigenvalue weighted by molar-refractivity contribution is 7.80. The monoisotopic (exact) mass is 312 g/mol. The normalized spacial score (nSPS) is 17.9. The second kappa shape index (κ2) is 7.10. The first-order chi connectivity index (χ1) is 9.63. The average molecular weight is 312 g/mol. The highest BCUT2D eigenvalue weighted by Crippen LogP contribution is 2.14. The van der Waals surface area contributed by atoms with Gasteiger partial charge in [-0.3, -0.25) is 9.69 Å². The van der Waals surface area contributed by atoms with Gasteiger partial charge in [-0.15, -0.1) is 11.3 Å². The fourth-order valence-electron chi connectivity index (χ4n) is 2.50. The molecule has 1 aliphatic heterocycles. The van der Waals surface area contributed by atoms with Crippen LogP contribution in [0.15, 0.2) is 10.9 Å². The Labute approximate surface area is 128 Å². The molecule has 20 heavy (non-hydrogen) atoms. The molecule has 1 saturated heterocycles. The molecule has 2 heterocycles. The summed E-state index contributed by atoms with van der Waals surface area (Å²) in [5.41, 5.74) is 8.06. The van der Waals surface area contributed by atoms with Crippen LogP contribution in [0.5, 0.6) is 0 Å². The van der Waals surface area contributed by atoms with Gasteiger partial charge in [0.25, 0.3) is 5.91 Å². The van der Waals surface area contributed by atoms with E-state index in [4.69, 9.17) is 18.0 Å². The number of piperazine rings is 1. The highest BCUT2D eigenvalue weighted by Gasteiger charge is 2.27. The standard InChI is InChI=1S/C13H20N4OS2/c1-2-3-11(12(14)19)16-4-6-17(7-5-16)13(18)10-8-20-9-15-10/h8-9,11H,2-7H2,1H3,(H2,14,19). The van der Waals surface area contributed by atoms with E-state index >= 15 is 0 Å². The van der Waals surface area contributed by atoms with E-state index in [-0.39, 0.29) is 11.9 Å². The lowest BCUT2D eigenvalue weighted by molar-refractivity contribution is 0.0604. The summed E-state index contributed by atoms with van der Waals surface area (Å²) >= 11 is 6.60. The van der Waals surface area contributed by atoms with E-state index in [1.165, 1.54) is 11.3 Å². The second-order valence-electron chi connectivity index (χ2n) is 4.91. The maximum Gasteiger partial charge on any atom is 0.273 e. The van der Waals surface area contributed by atoms with Crippen LogP contribution >= 0.6 is 23.6 Å². The molecule has 5 nitrogen and oxygen atoms in total. The van der Waals surface area contributed by atoms with Crippen molar-refractivity contribution in [3.8, 4) is 0 Å². The summed E-state index contributed by atoms with van der Waals surface area (Å²) in [6, 6.07) is 0.159. The summed E-state index contributed by atoms with van der Waals surface area (Å²) in [6.07, 6.45) is 2.04. The minimum Gasteiger partial charge on any atom is -0.392 e. The fourth-order valence-corrected chi connectivity index (χ4v) is 3.29. The van der Waals surface area contributed by atoms with E-state index in [1.807, 2.05) is 4.90 Å². The summed E-state index contributed by atoms with van der Waals surface area (Å²) in [5.74, 6) is 0.0215. The molecule has 1 amide bonds. The van der Waals surface area contributed by atoms with Crippen molar-refractivity contribution in [1.82, 2.24) is 14.8 Å². The van der Waals surface area contributed by atoms with Crippen molar-refractivity contribution in [2.24, 2.45) is 5.73 Å². The zero-order valence-electron chi connectivity index (χ0n) is 11.6. The van der Waals surface area contributed by atoms with Crippen LogP contribution in [0.25, 0.3) is 0 Å². The zero-order chi connectivity index (χ0) is 14.5. The molecule has 7 heteroatoms. The minimum atomic E-state index is 0.0215. The Morgan fingerprint density at radius 3 is 2.70 bits per heavy atom. The lowest BCUT2D eigenvalue weighted by Gasteiger charge is -2.38. The van der Waals surface area contributed by atoms with E-state index in [1.54, 1.807) is 10.9 Å². The van der Waals surface area contributed by atoms with Crippen LogP contribution in [0.2, 0.25) is 0 Å². The molecular weight excluding hydrogens is 292 g/mol. The largest absolute Gasteiger partial charge is 0.392 e. The third kappa shape index (κ3) is 3.53. The SMILES string of the molecule is CCCC(C(N)=S)N1CCN(C(=O)c2cscn2)CC1. The lowest BCUT2D eigenvalue weighted by atomic mass is 10.1. The number of nitrogens with zero attached hydrogens (tertiary/aromatic N) is 3. The van der Waals surface area contributed by atoms with Gasteiger partial charge in [-0.25, -0.2) is 4.98 Å². The first kappa shape index (κ1) is 15.3. The Morgan fingerprint density at radius 1 is 1.50 bits per heavy atom. The molecule has 0 saturated carbocycles. The first-order valence-electron chi connectivity index (χ1n) is 6.84.